The SMILES string of the molecule is CCCCNS(=O)(=O)c1ccc(NC(=O)OCC)cc1. The number of unbranched alkanes of at least 4 members (excludes halogenated alkanes) is 1. The van der Waals surface area contributed by atoms with Gasteiger partial charge in [0.2, 0.25) is 10.0 Å². The van der Waals surface area contributed by atoms with Crippen LogP contribution in [0.2, 0.25) is 0 Å². The third-order valence-corrected chi connectivity index (χ3v) is 3.99. The van der Waals surface area contributed by atoms with E-state index in [0.717, 1.165) is 12.8 Å². The van der Waals surface area contributed by atoms with Crippen LogP contribution in [0.5, 0.6) is 0 Å². The molecule has 1 aromatic rings. The number of sulfonamides is 1. The molecule has 0 heterocycles. The van der Waals surface area contributed by atoms with Gasteiger partial charge in [0, 0.05) is 12.2 Å². The fourth-order valence-corrected chi connectivity index (χ4v) is 2.54. The van der Waals surface area contributed by atoms with Crippen molar-refractivity contribution in [3.63, 3.8) is 0 Å². The van der Waals surface area contributed by atoms with E-state index in [9.17, 15) is 13.2 Å². The first-order valence-corrected chi connectivity index (χ1v) is 8.01. The molecule has 0 radical (unpaired) electrons. The molecule has 7 heteroatoms. The van der Waals surface area contributed by atoms with Crippen LogP contribution >= 0.6 is 0 Å². The van der Waals surface area contributed by atoms with E-state index in [1.165, 1.54) is 24.3 Å². The minimum Gasteiger partial charge on any atom is -0.450 e. The lowest BCUT2D eigenvalue weighted by Gasteiger charge is -2.08. The minimum absolute atomic E-state index is 0.169. The monoisotopic (exact) mass is 300 g/mol. The molecule has 1 aromatic carbocycles. The van der Waals surface area contributed by atoms with Gasteiger partial charge >= 0.3 is 6.09 Å². The molecule has 1 amide bonds. The predicted molar refractivity (Wildman–Crippen MR) is 77.2 cm³/mol. The Morgan fingerprint density at radius 2 is 1.85 bits per heavy atom. The number of carbonyl (C=O) groups is 1. The number of anilines is 1. The lowest BCUT2D eigenvalue weighted by molar-refractivity contribution is 0.168. The molecule has 0 spiro atoms. The van der Waals surface area contributed by atoms with Gasteiger partial charge < -0.3 is 4.74 Å². The number of carbonyl (C=O) groups excluding carboxylic acids is 1. The van der Waals surface area contributed by atoms with Crippen molar-refractivity contribution >= 4 is 21.8 Å². The predicted octanol–water partition coefficient (Wildman–Crippen LogP) is 2.33. The van der Waals surface area contributed by atoms with Crippen molar-refractivity contribution in [1.29, 1.82) is 0 Å². The fraction of sp³-hybridized carbons (Fsp3) is 0.462. The van der Waals surface area contributed by atoms with Crippen LogP contribution in [0, 0.1) is 0 Å². The zero-order valence-electron chi connectivity index (χ0n) is 11.7. The van der Waals surface area contributed by atoms with E-state index in [2.05, 4.69) is 10.0 Å². The third kappa shape index (κ3) is 5.18. The van der Waals surface area contributed by atoms with E-state index in [4.69, 9.17) is 4.74 Å². The summed E-state index contributed by atoms with van der Waals surface area (Å²) in [7, 11) is -3.48. The maximum absolute atomic E-state index is 11.9. The average molecular weight is 300 g/mol. The van der Waals surface area contributed by atoms with Gasteiger partial charge in [0.15, 0.2) is 0 Å². The molecule has 112 valence electrons. The smallest absolute Gasteiger partial charge is 0.411 e. The van der Waals surface area contributed by atoms with Crippen molar-refractivity contribution in [1.82, 2.24) is 4.72 Å². The van der Waals surface area contributed by atoms with Crippen molar-refractivity contribution in [2.45, 2.75) is 31.6 Å². The fourth-order valence-electron chi connectivity index (χ4n) is 1.47. The summed E-state index contributed by atoms with van der Waals surface area (Å²) in [6, 6.07) is 5.92. The highest BCUT2D eigenvalue weighted by Crippen LogP contribution is 2.14. The van der Waals surface area contributed by atoms with Gasteiger partial charge in [0.1, 0.15) is 0 Å². The van der Waals surface area contributed by atoms with Crippen LogP contribution in [0.3, 0.4) is 0 Å². The molecule has 0 bridgehead atoms. The number of amides is 1. The van der Waals surface area contributed by atoms with Gasteiger partial charge in [-0.2, -0.15) is 0 Å². The van der Waals surface area contributed by atoms with Crippen LogP contribution < -0.4 is 10.0 Å². The summed E-state index contributed by atoms with van der Waals surface area (Å²) in [5.41, 5.74) is 0.482. The van der Waals surface area contributed by atoms with E-state index >= 15 is 0 Å². The van der Waals surface area contributed by atoms with Gasteiger partial charge in [-0.05, 0) is 37.6 Å². The zero-order valence-corrected chi connectivity index (χ0v) is 12.5. The normalized spacial score (nSPS) is 11.1. The number of hydrogen-bond donors (Lipinski definition) is 2. The number of ether oxygens (including phenoxy) is 1. The van der Waals surface area contributed by atoms with Crippen LogP contribution in [0.4, 0.5) is 10.5 Å². The van der Waals surface area contributed by atoms with E-state index in [1.807, 2.05) is 6.92 Å². The lowest BCUT2D eigenvalue weighted by atomic mass is 10.3. The largest absolute Gasteiger partial charge is 0.450 e. The van der Waals surface area contributed by atoms with Crippen molar-refractivity contribution in [2.24, 2.45) is 0 Å². The molecule has 1 rings (SSSR count). The van der Waals surface area contributed by atoms with Crippen LogP contribution in [0.15, 0.2) is 29.2 Å². The zero-order chi connectivity index (χ0) is 15.0. The van der Waals surface area contributed by atoms with E-state index in [-0.39, 0.29) is 11.5 Å². The van der Waals surface area contributed by atoms with Crippen molar-refractivity contribution in [2.75, 3.05) is 18.5 Å². The summed E-state index contributed by atoms with van der Waals surface area (Å²) >= 11 is 0. The van der Waals surface area contributed by atoms with Crippen LogP contribution in [-0.2, 0) is 14.8 Å². The first-order valence-electron chi connectivity index (χ1n) is 6.53. The Balaban J connectivity index is 2.68. The van der Waals surface area contributed by atoms with E-state index in [1.54, 1.807) is 6.92 Å². The third-order valence-electron chi connectivity index (χ3n) is 2.51. The number of nitrogens with one attached hydrogen (secondary N) is 2. The Kier molecular flexibility index (Phi) is 6.47. The van der Waals surface area contributed by atoms with Gasteiger partial charge in [-0.3, -0.25) is 5.32 Å². The topological polar surface area (TPSA) is 84.5 Å². The van der Waals surface area contributed by atoms with E-state index in [0.29, 0.717) is 12.2 Å². The highest BCUT2D eigenvalue weighted by Gasteiger charge is 2.13. The Labute approximate surface area is 119 Å². The standard InChI is InChI=1S/C13H20N2O4S/c1-3-5-10-14-20(17,18)12-8-6-11(7-9-12)15-13(16)19-4-2/h6-9,14H,3-5,10H2,1-2H3,(H,15,16). The van der Waals surface area contributed by atoms with Gasteiger partial charge in [-0.25, -0.2) is 17.9 Å². The second-order valence-corrected chi connectivity index (χ2v) is 5.89. The Bertz CT molecular complexity index is 526. The summed E-state index contributed by atoms with van der Waals surface area (Å²) in [4.78, 5) is 11.4. The average Bonchev–Trinajstić information content (AvgIpc) is 2.39. The number of hydrogen-bond acceptors (Lipinski definition) is 4. The molecule has 2 N–H and O–H groups in total. The van der Waals surface area contributed by atoms with Gasteiger partial charge in [-0.15, -0.1) is 0 Å². The number of benzene rings is 1. The summed E-state index contributed by atoms with van der Waals surface area (Å²) in [6.07, 6.45) is 1.15. The molecule has 0 saturated heterocycles. The Morgan fingerprint density at radius 3 is 2.40 bits per heavy atom. The highest BCUT2D eigenvalue weighted by molar-refractivity contribution is 7.89. The molecule has 20 heavy (non-hydrogen) atoms. The Morgan fingerprint density at radius 1 is 1.20 bits per heavy atom. The van der Waals surface area contributed by atoms with Gasteiger partial charge in [0.05, 0.1) is 11.5 Å². The maximum Gasteiger partial charge on any atom is 0.411 e. The molecule has 6 nitrogen and oxygen atoms in total. The molecule has 0 atom stereocenters. The molecule has 0 aliphatic heterocycles. The second kappa shape index (κ2) is 7.86. The summed E-state index contributed by atoms with van der Waals surface area (Å²) < 4.78 is 31.1. The van der Waals surface area contributed by atoms with Crippen molar-refractivity contribution in [3.05, 3.63) is 24.3 Å². The molecule has 0 aromatic heterocycles. The van der Waals surface area contributed by atoms with Crippen LogP contribution in [0.25, 0.3) is 0 Å². The first-order chi connectivity index (χ1) is 9.49. The van der Waals surface area contributed by atoms with Gasteiger partial charge in [-0.1, -0.05) is 13.3 Å². The molecule has 0 aliphatic rings. The second-order valence-electron chi connectivity index (χ2n) is 4.12. The molecular weight excluding hydrogens is 280 g/mol. The van der Waals surface area contributed by atoms with E-state index < -0.39 is 16.1 Å². The molecule has 0 aliphatic carbocycles. The van der Waals surface area contributed by atoms with Gasteiger partial charge in [0.25, 0.3) is 0 Å². The highest BCUT2D eigenvalue weighted by atomic mass is 32.2. The maximum atomic E-state index is 11.9. The summed E-state index contributed by atoms with van der Waals surface area (Å²) in [6.45, 7) is 4.39. The van der Waals surface area contributed by atoms with Crippen molar-refractivity contribution < 1.29 is 17.9 Å². The summed E-state index contributed by atoms with van der Waals surface area (Å²) in [5, 5.41) is 2.50. The lowest BCUT2D eigenvalue weighted by Crippen LogP contribution is -2.24. The molecule has 0 saturated carbocycles. The van der Waals surface area contributed by atoms with Crippen molar-refractivity contribution in [3.8, 4) is 0 Å². The summed E-state index contributed by atoms with van der Waals surface area (Å²) in [5.74, 6) is 0. The quantitative estimate of drug-likeness (QED) is 0.757. The first kappa shape index (κ1) is 16.5. The molecular formula is C13H20N2O4S. The number of rotatable bonds is 7. The molecule has 0 fully saturated rings. The van der Waals surface area contributed by atoms with Crippen LogP contribution in [-0.4, -0.2) is 27.7 Å². The molecule has 0 unspecified atom stereocenters. The Hall–Kier alpha value is -1.60. The van der Waals surface area contributed by atoms with Crippen LogP contribution in [0.1, 0.15) is 26.7 Å². The minimum atomic E-state index is -3.48.